The number of hydrogen-bond acceptors (Lipinski definition) is 5. The summed E-state index contributed by atoms with van der Waals surface area (Å²) in [5.41, 5.74) is 2.83. The van der Waals surface area contributed by atoms with Crippen LogP contribution < -0.4 is 9.47 Å². The number of nitrogens with zero attached hydrogens (tertiary/aromatic N) is 1. The summed E-state index contributed by atoms with van der Waals surface area (Å²) in [6, 6.07) is 5.79. The molecule has 110 valence electrons. The number of aromatic nitrogens is 1. The van der Waals surface area contributed by atoms with E-state index in [0.29, 0.717) is 11.5 Å². The van der Waals surface area contributed by atoms with Gasteiger partial charge in [0, 0.05) is 29.6 Å². The minimum absolute atomic E-state index is 0.192. The van der Waals surface area contributed by atoms with E-state index < -0.39 is 0 Å². The molecular formula is C16H17NO4. The van der Waals surface area contributed by atoms with Crippen LogP contribution in [0.5, 0.6) is 11.5 Å². The van der Waals surface area contributed by atoms with E-state index in [4.69, 9.17) is 14.2 Å². The maximum atomic E-state index is 11.2. The molecule has 3 rings (SSSR count). The standard InChI is InChI=1S/C16H17NO4/c1-9(18)21-14-5-4-12-11(14)6-10-7-15(19-2)16(20-3)8-13(10)17-12/h6-8,14H,4-5H2,1-3H3. The molecule has 0 radical (unpaired) electrons. The molecule has 1 atom stereocenters. The minimum atomic E-state index is -0.264. The highest BCUT2D eigenvalue weighted by atomic mass is 16.5. The highest BCUT2D eigenvalue weighted by molar-refractivity contribution is 5.84. The molecule has 0 N–H and O–H groups in total. The van der Waals surface area contributed by atoms with Gasteiger partial charge < -0.3 is 14.2 Å². The molecule has 0 saturated carbocycles. The monoisotopic (exact) mass is 287 g/mol. The molecule has 2 aromatic rings. The van der Waals surface area contributed by atoms with Crippen molar-refractivity contribution < 1.29 is 19.0 Å². The molecule has 1 aromatic carbocycles. The first-order valence-corrected chi connectivity index (χ1v) is 6.85. The summed E-state index contributed by atoms with van der Waals surface area (Å²) in [6.07, 6.45) is 1.41. The molecular weight excluding hydrogens is 270 g/mol. The average Bonchev–Trinajstić information content (AvgIpc) is 2.85. The van der Waals surface area contributed by atoms with Crippen molar-refractivity contribution in [2.45, 2.75) is 25.9 Å². The van der Waals surface area contributed by atoms with Crippen LogP contribution in [0, 0.1) is 0 Å². The van der Waals surface area contributed by atoms with Gasteiger partial charge in [0.15, 0.2) is 11.5 Å². The van der Waals surface area contributed by atoms with E-state index in [1.807, 2.05) is 18.2 Å². The highest BCUT2D eigenvalue weighted by Crippen LogP contribution is 2.38. The van der Waals surface area contributed by atoms with Crippen LogP contribution in [0.25, 0.3) is 10.9 Å². The Hall–Kier alpha value is -2.30. The SMILES string of the molecule is COc1cc2cc3c(nc2cc1OC)CCC3OC(C)=O. The van der Waals surface area contributed by atoms with Crippen molar-refractivity contribution in [2.75, 3.05) is 14.2 Å². The van der Waals surface area contributed by atoms with Gasteiger partial charge in [0.1, 0.15) is 6.10 Å². The molecule has 0 spiro atoms. The summed E-state index contributed by atoms with van der Waals surface area (Å²) in [4.78, 5) is 15.8. The predicted octanol–water partition coefficient (Wildman–Crippen LogP) is 2.80. The van der Waals surface area contributed by atoms with Crippen molar-refractivity contribution in [2.24, 2.45) is 0 Å². The van der Waals surface area contributed by atoms with Crippen LogP contribution in [-0.2, 0) is 16.0 Å². The number of ether oxygens (including phenoxy) is 3. The fourth-order valence-corrected chi connectivity index (χ4v) is 2.78. The van der Waals surface area contributed by atoms with E-state index in [1.54, 1.807) is 14.2 Å². The van der Waals surface area contributed by atoms with Crippen LogP contribution in [0.2, 0.25) is 0 Å². The summed E-state index contributed by atoms with van der Waals surface area (Å²) in [7, 11) is 3.21. The van der Waals surface area contributed by atoms with Crippen LogP contribution in [0.3, 0.4) is 0 Å². The van der Waals surface area contributed by atoms with E-state index in [0.717, 1.165) is 35.0 Å². The van der Waals surface area contributed by atoms with E-state index in [1.165, 1.54) is 6.92 Å². The number of fused-ring (bicyclic) bond motifs is 2. The van der Waals surface area contributed by atoms with Gasteiger partial charge in [-0.2, -0.15) is 0 Å². The zero-order valence-corrected chi connectivity index (χ0v) is 12.3. The normalized spacial score (nSPS) is 16.6. The third-order valence-corrected chi connectivity index (χ3v) is 3.73. The summed E-state index contributed by atoms with van der Waals surface area (Å²) in [6.45, 7) is 1.43. The van der Waals surface area contributed by atoms with E-state index in [2.05, 4.69) is 4.98 Å². The molecule has 0 aliphatic heterocycles. The summed E-state index contributed by atoms with van der Waals surface area (Å²) < 4.78 is 16.0. The van der Waals surface area contributed by atoms with Crippen molar-refractivity contribution in [1.29, 1.82) is 0 Å². The molecule has 0 amide bonds. The Kier molecular flexibility index (Phi) is 3.41. The second-order valence-electron chi connectivity index (χ2n) is 5.06. The smallest absolute Gasteiger partial charge is 0.303 e. The fraction of sp³-hybridized carbons (Fsp3) is 0.375. The molecule has 1 aliphatic carbocycles. The second kappa shape index (κ2) is 5.24. The molecule has 5 nitrogen and oxygen atoms in total. The van der Waals surface area contributed by atoms with E-state index in [9.17, 15) is 4.79 Å². The first-order valence-electron chi connectivity index (χ1n) is 6.85. The maximum absolute atomic E-state index is 11.2. The molecule has 1 unspecified atom stereocenters. The van der Waals surface area contributed by atoms with Crippen LogP contribution in [0.1, 0.15) is 30.7 Å². The molecule has 5 heteroatoms. The lowest BCUT2D eigenvalue weighted by Gasteiger charge is -2.13. The Balaban J connectivity index is 2.10. The fourth-order valence-electron chi connectivity index (χ4n) is 2.78. The lowest BCUT2D eigenvalue weighted by atomic mass is 10.1. The largest absolute Gasteiger partial charge is 0.493 e. The number of hydrogen-bond donors (Lipinski definition) is 0. The number of pyridine rings is 1. The van der Waals surface area contributed by atoms with Gasteiger partial charge in [-0.3, -0.25) is 9.78 Å². The zero-order chi connectivity index (χ0) is 15.0. The molecule has 1 aromatic heterocycles. The van der Waals surface area contributed by atoms with Crippen molar-refractivity contribution >= 4 is 16.9 Å². The number of aryl methyl sites for hydroxylation is 1. The molecule has 0 saturated heterocycles. The lowest BCUT2D eigenvalue weighted by Crippen LogP contribution is -2.05. The first-order chi connectivity index (χ1) is 10.1. The van der Waals surface area contributed by atoms with E-state index in [-0.39, 0.29) is 12.1 Å². The van der Waals surface area contributed by atoms with Crippen LogP contribution in [-0.4, -0.2) is 25.2 Å². The molecule has 1 aliphatic rings. The zero-order valence-electron chi connectivity index (χ0n) is 12.3. The minimum Gasteiger partial charge on any atom is -0.493 e. The van der Waals surface area contributed by atoms with Crippen molar-refractivity contribution in [3.8, 4) is 11.5 Å². The molecule has 0 bridgehead atoms. The molecule has 0 fully saturated rings. The topological polar surface area (TPSA) is 57.6 Å². The highest BCUT2D eigenvalue weighted by Gasteiger charge is 2.27. The Morgan fingerprint density at radius 2 is 1.90 bits per heavy atom. The first kappa shape index (κ1) is 13.7. The van der Waals surface area contributed by atoms with Gasteiger partial charge in [0.2, 0.25) is 0 Å². The number of esters is 1. The number of rotatable bonds is 3. The number of carbonyl (C=O) groups excluding carboxylic acids is 1. The third-order valence-electron chi connectivity index (χ3n) is 3.73. The summed E-state index contributed by atoms with van der Waals surface area (Å²) >= 11 is 0. The molecule has 1 heterocycles. The maximum Gasteiger partial charge on any atom is 0.303 e. The van der Waals surface area contributed by atoms with Gasteiger partial charge in [0.05, 0.1) is 19.7 Å². The van der Waals surface area contributed by atoms with Crippen LogP contribution >= 0.6 is 0 Å². The lowest BCUT2D eigenvalue weighted by molar-refractivity contribution is -0.146. The Labute approximate surface area is 122 Å². The Bertz CT molecular complexity index is 711. The number of benzene rings is 1. The summed E-state index contributed by atoms with van der Waals surface area (Å²) in [5.74, 6) is 1.06. The number of methoxy groups -OCH3 is 2. The van der Waals surface area contributed by atoms with E-state index >= 15 is 0 Å². The van der Waals surface area contributed by atoms with Crippen LogP contribution in [0.15, 0.2) is 18.2 Å². The third kappa shape index (κ3) is 2.39. The summed E-state index contributed by atoms with van der Waals surface area (Å²) in [5, 5.41) is 0.949. The Morgan fingerprint density at radius 3 is 2.57 bits per heavy atom. The van der Waals surface area contributed by atoms with Gasteiger partial charge in [-0.1, -0.05) is 0 Å². The quantitative estimate of drug-likeness (QED) is 0.812. The van der Waals surface area contributed by atoms with Gasteiger partial charge in [-0.25, -0.2) is 0 Å². The second-order valence-corrected chi connectivity index (χ2v) is 5.06. The van der Waals surface area contributed by atoms with Crippen LogP contribution in [0.4, 0.5) is 0 Å². The van der Waals surface area contributed by atoms with Crippen molar-refractivity contribution in [1.82, 2.24) is 4.98 Å². The Morgan fingerprint density at radius 1 is 1.19 bits per heavy atom. The van der Waals surface area contributed by atoms with Crippen molar-refractivity contribution in [3.05, 3.63) is 29.5 Å². The van der Waals surface area contributed by atoms with Gasteiger partial charge in [0.25, 0.3) is 0 Å². The predicted molar refractivity (Wildman–Crippen MR) is 77.7 cm³/mol. The van der Waals surface area contributed by atoms with Crippen molar-refractivity contribution in [3.63, 3.8) is 0 Å². The van der Waals surface area contributed by atoms with Gasteiger partial charge in [-0.05, 0) is 25.0 Å². The number of carbonyl (C=O) groups is 1. The average molecular weight is 287 g/mol. The van der Waals surface area contributed by atoms with Gasteiger partial charge >= 0.3 is 5.97 Å². The van der Waals surface area contributed by atoms with Gasteiger partial charge in [-0.15, -0.1) is 0 Å². The molecule has 21 heavy (non-hydrogen) atoms.